The second kappa shape index (κ2) is 33.9. The van der Waals surface area contributed by atoms with Crippen molar-refractivity contribution >= 4 is 23.8 Å². The largest absolute Gasteiger partial charge is 0.480 e. The van der Waals surface area contributed by atoms with Crippen LogP contribution in [-0.2, 0) is 23.9 Å². The number of nitrogens with one attached hydrogen (secondary N) is 2. The number of carbonyl (C=O) groups excluding carboxylic acids is 3. The van der Waals surface area contributed by atoms with E-state index in [-0.39, 0.29) is 30.9 Å². The summed E-state index contributed by atoms with van der Waals surface area (Å²) in [6.07, 6.45) is 36.1. The third-order valence-corrected chi connectivity index (χ3v) is 8.09. The van der Waals surface area contributed by atoms with E-state index in [1.54, 1.807) is 0 Å². The van der Waals surface area contributed by atoms with Gasteiger partial charge in [0.2, 0.25) is 11.8 Å². The molecule has 2 unspecified atom stereocenters. The first-order chi connectivity index (χ1) is 23.3. The zero-order chi connectivity index (χ0) is 35.5. The van der Waals surface area contributed by atoms with Gasteiger partial charge in [-0.25, -0.2) is 4.79 Å². The molecule has 4 N–H and O–H groups in total. The number of aliphatic hydroxyl groups is 1. The fraction of sp³-hybridized carbons (Fsp3) is 0.744. The number of carboxylic acids is 1. The van der Waals surface area contributed by atoms with Gasteiger partial charge in [-0.2, -0.15) is 0 Å². The highest BCUT2D eigenvalue weighted by molar-refractivity contribution is 5.87. The Balaban J connectivity index is 4.29. The van der Waals surface area contributed by atoms with Gasteiger partial charge in [0.1, 0.15) is 12.1 Å². The van der Waals surface area contributed by atoms with Crippen molar-refractivity contribution < 1.29 is 34.1 Å². The lowest BCUT2D eigenvalue weighted by Gasteiger charge is -2.15. The van der Waals surface area contributed by atoms with E-state index in [0.717, 1.165) is 70.6 Å². The first-order valence-corrected chi connectivity index (χ1v) is 18.9. The second-order valence-electron chi connectivity index (χ2n) is 12.7. The van der Waals surface area contributed by atoms with Crippen LogP contribution in [0.1, 0.15) is 162 Å². The van der Waals surface area contributed by atoms with Crippen molar-refractivity contribution in [3.05, 3.63) is 36.5 Å². The number of hydrogen-bond donors (Lipinski definition) is 4. The smallest absolute Gasteiger partial charge is 0.328 e. The average molecular weight is 677 g/mol. The van der Waals surface area contributed by atoms with Gasteiger partial charge in [0.15, 0.2) is 0 Å². The van der Waals surface area contributed by atoms with Gasteiger partial charge < -0.3 is 25.6 Å². The first kappa shape index (κ1) is 45.1. The Labute approximate surface area is 291 Å². The van der Waals surface area contributed by atoms with Gasteiger partial charge in [-0.05, 0) is 70.3 Å². The second-order valence-corrected chi connectivity index (χ2v) is 12.7. The zero-order valence-corrected chi connectivity index (χ0v) is 30.2. The van der Waals surface area contributed by atoms with Gasteiger partial charge in [0, 0.05) is 12.8 Å². The number of carboxylic acid groups (broad SMARTS) is 1. The summed E-state index contributed by atoms with van der Waals surface area (Å²) in [6.45, 7) is 3.37. The van der Waals surface area contributed by atoms with Crippen LogP contribution in [0.2, 0.25) is 0 Å². The number of aliphatic hydroxyl groups excluding tert-OH is 1. The van der Waals surface area contributed by atoms with Crippen LogP contribution in [0.5, 0.6) is 0 Å². The number of aliphatic carboxylic acids is 1. The maximum Gasteiger partial charge on any atom is 0.328 e. The third-order valence-electron chi connectivity index (χ3n) is 8.09. The standard InChI is InChI=1S/C39H68N2O7/c1-3-5-7-9-11-12-13-14-15-16-17-19-21-27-31-38(45)48-34(28-24-20-18-10-8-6-4-2)29-25-22-23-26-30-36(43)40-32-37(44)41-35(33-42)39(46)47/h9,11,13-14,24,28,34-35,42H,3-8,10,12,15-23,25-27,29-33H2,1-2H3,(H,40,43)(H,41,44)(H,46,47)/b11-9-,14-13-,28-24-. The van der Waals surface area contributed by atoms with Crippen molar-refractivity contribution in [3.8, 4) is 0 Å². The van der Waals surface area contributed by atoms with Gasteiger partial charge >= 0.3 is 11.9 Å². The van der Waals surface area contributed by atoms with Crippen LogP contribution in [0, 0.1) is 0 Å². The summed E-state index contributed by atoms with van der Waals surface area (Å²) in [5.74, 6) is -2.42. The summed E-state index contributed by atoms with van der Waals surface area (Å²) in [4.78, 5) is 47.3. The van der Waals surface area contributed by atoms with Crippen LogP contribution in [0.25, 0.3) is 0 Å². The summed E-state index contributed by atoms with van der Waals surface area (Å²) >= 11 is 0. The Kier molecular flexibility index (Phi) is 31.9. The minimum atomic E-state index is -1.39. The van der Waals surface area contributed by atoms with Gasteiger partial charge in [-0.3, -0.25) is 14.4 Å². The molecular weight excluding hydrogens is 608 g/mol. The Morgan fingerprint density at radius 1 is 0.646 bits per heavy atom. The normalized spacial score (nSPS) is 12.9. The first-order valence-electron chi connectivity index (χ1n) is 18.9. The summed E-state index contributed by atoms with van der Waals surface area (Å²) < 4.78 is 5.86. The topological polar surface area (TPSA) is 142 Å². The predicted octanol–water partition coefficient (Wildman–Crippen LogP) is 8.26. The molecule has 0 aromatic carbocycles. The molecule has 0 fully saturated rings. The van der Waals surface area contributed by atoms with E-state index in [1.165, 1.54) is 57.8 Å². The molecule has 0 aliphatic heterocycles. The Hall–Kier alpha value is -2.94. The zero-order valence-electron chi connectivity index (χ0n) is 30.2. The number of amides is 2. The van der Waals surface area contributed by atoms with Crippen molar-refractivity contribution in [2.24, 2.45) is 0 Å². The number of ether oxygens (including phenoxy) is 1. The Bertz CT molecular complexity index is 916. The molecule has 9 nitrogen and oxygen atoms in total. The molecule has 9 heteroatoms. The SMILES string of the molecule is CCCC/C=C\C/C=C\CCCCCCCC(=O)OC(/C=C\CCCCCCC)CCCCCCC(=O)NCC(=O)NC(CO)C(=O)O. The van der Waals surface area contributed by atoms with Gasteiger partial charge in [-0.15, -0.1) is 0 Å². The highest BCUT2D eigenvalue weighted by Crippen LogP contribution is 2.15. The Morgan fingerprint density at radius 3 is 1.85 bits per heavy atom. The molecule has 2 atom stereocenters. The lowest BCUT2D eigenvalue weighted by Crippen LogP contribution is -2.47. The van der Waals surface area contributed by atoms with Crippen LogP contribution in [-0.4, -0.2) is 59.3 Å². The minimum absolute atomic E-state index is 0.128. The van der Waals surface area contributed by atoms with Crippen LogP contribution < -0.4 is 10.6 Å². The van der Waals surface area contributed by atoms with Crippen molar-refractivity contribution in [1.29, 1.82) is 0 Å². The number of carbonyl (C=O) groups is 4. The number of rotatable bonds is 33. The summed E-state index contributed by atoms with van der Waals surface area (Å²) in [6, 6.07) is -1.39. The molecule has 0 aromatic rings. The number of esters is 1. The molecule has 0 aliphatic rings. The molecule has 0 heterocycles. The highest BCUT2D eigenvalue weighted by atomic mass is 16.5. The van der Waals surface area contributed by atoms with Crippen LogP contribution in [0.15, 0.2) is 36.5 Å². The highest BCUT2D eigenvalue weighted by Gasteiger charge is 2.18. The van der Waals surface area contributed by atoms with Gasteiger partial charge in [0.25, 0.3) is 0 Å². The van der Waals surface area contributed by atoms with E-state index in [1.807, 2.05) is 0 Å². The minimum Gasteiger partial charge on any atom is -0.480 e. The van der Waals surface area contributed by atoms with Crippen LogP contribution >= 0.6 is 0 Å². The van der Waals surface area contributed by atoms with E-state index in [2.05, 4.69) is 60.9 Å². The van der Waals surface area contributed by atoms with E-state index in [0.29, 0.717) is 12.8 Å². The summed E-state index contributed by atoms with van der Waals surface area (Å²) in [5, 5.41) is 22.5. The molecule has 0 aliphatic carbocycles. The molecule has 0 spiro atoms. The van der Waals surface area contributed by atoms with Crippen molar-refractivity contribution in [2.45, 2.75) is 174 Å². The van der Waals surface area contributed by atoms with Crippen LogP contribution in [0.4, 0.5) is 0 Å². The summed E-state index contributed by atoms with van der Waals surface area (Å²) in [5.41, 5.74) is 0. The molecule has 2 amide bonds. The van der Waals surface area contributed by atoms with Gasteiger partial charge in [-0.1, -0.05) is 115 Å². The van der Waals surface area contributed by atoms with Crippen molar-refractivity contribution in [3.63, 3.8) is 0 Å². The molecule has 0 saturated carbocycles. The third kappa shape index (κ3) is 30.4. The maximum atomic E-state index is 12.6. The quantitative estimate of drug-likeness (QED) is 0.0311. The predicted molar refractivity (Wildman–Crippen MR) is 195 cm³/mol. The fourth-order valence-corrected chi connectivity index (χ4v) is 5.11. The van der Waals surface area contributed by atoms with E-state index in [9.17, 15) is 19.2 Å². The molecular formula is C39H68N2O7. The lowest BCUT2D eigenvalue weighted by atomic mass is 10.1. The molecule has 276 valence electrons. The fourth-order valence-electron chi connectivity index (χ4n) is 5.11. The number of hydrogen-bond acceptors (Lipinski definition) is 6. The monoisotopic (exact) mass is 677 g/mol. The number of unbranched alkanes of at least 4 members (excludes halogenated alkanes) is 15. The van der Waals surface area contributed by atoms with Crippen molar-refractivity contribution in [1.82, 2.24) is 10.6 Å². The molecule has 0 saturated heterocycles. The maximum absolute atomic E-state index is 12.6. The molecule has 0 aromatic heterocycles. The molecule has 0 bridgehead atoms. The molecule has 0 radical (unpaired) electrons. The molecule has 0 rings (SSSR count). The average Bonchev–Trinajstić information content (AvgIpc) is 3.07. The van der Waals surface area contributed by atoms with Gasteiger partial charge in [0.05, 0.1) is 13.2 Å². The van der Waals surface area contributed by atoms with E-state index in [4.69, 9.17) is 14.9 Å². The lowest BCUT2D eigenvalue weighted by molar-refractivity contribution is -0.147. The Morgan fingerprint density at radius 2 is 1.21 bits per heavy atom. The number of allylic oxidation sites excluding steroid dienone is 5. The van der Waals surface area contributed by atoms with E-state index >= 15 is 0 Å². The van der Waals surface area contributed by atoms with E-state index < -0.39 is 24.5 Å². The summed E-state index contributed by atoms with van der Waals surface area (Å²) in [7, 11) is 0. The molecule has 48 heavy (non-hydrogen) atoms. The van der Waals surface area contributed by atoms with Crippen LogP contribution in [0.3, 0.4) is 0 Å². The van der Waals surface area contributed by atoms with Crippen molar-refractivity contribution in [2.75, 3.05) is 13.2 Å².